The van der Waals surface area contributed by atoms with E-state index in [0.29, 0.717) is 0 Å². The number of esters is 1. The minimum Gasteiger partial charge on any atom is -0.460 e. The molecule has 1 aliphatic rings. The molecule has 0 aromatic heterocycles. The highest BCUT2D eigenvalue weighted by Gasteiger charge is 2.27. The lowest BCUT2D eigenvalue weighted by Crippen LogP contribution is -2.28. The topological polar surface area (TPSA) is 128 Å². The number of sulfonamides is 1. The summed E-state index contributed by atoms with van der Waals surface area (Å²) in [6.07, 6.45) is 1.91. The van der Waals surface area contributed by atoms with Crippen LogP contribution in [0.1, 0.15) is 23.2 Å². The van der Waals surface area contributed by atoms with Gasteiger partial charge in [0.1, 0.15) is 6.61 Å². The van der Waals surface area contributed by atoms with Gasteiger partial charge >= 0.3 is 5.97 Å². The Kier molecular flexibility index (Phi) is 5.90. The lowest BCUT2D eigenvalue weighted by Gasteiger charge is -2.14. The van der Waals surface area contributed by atoms with Crippen LogP contribution in [0, 0.1) is 10.1 Å². The van der Waals surface area contributed by atoms with Gasteiger partial charge in [0.15, 0.2) is 4.90 Å². The average molecular weight is 405 g/mol. The summed E-state index contributed by atoms with van der Waals surface area (Å²) < 4.78 is 32.9. The Bertz CT molecular complexity index is 986. The Morgan fingerprint density at radius 2 is 1.93 bits per heavy atom. The summed E-state index contributed by atoms with van der Waals surface area (Å²) in [5.41, 5.74) is -0.532. The number of ether oxygens (including phenoxy) is 1. The van der Waals surface area contributed by atoms with E-state index in [2.05, 4.69) is 10.0 Å². The second-order valence-corrected chi connectivity index (χ2v) is 7.92. The van der Waals surface area contributed by atoms with E-state index in [1.807, 2.05) is 0 Å². The van der Waals surface area contributed by atoms with E-state index in [9.17, 15) is 23.3 Å². The molecule has 28 heavy (non-hydrogen) atoms. The highest BCUT2D eigenvalue weighted by atomic mass is 32.2. The summed E-state index contributed by atoms with van der Waals surface area (Å²) in [5, 5.41) is 14.3. The highest BCUT2D eigenvalue weighted by molar-refractivity contribution is 7.92. The van der Waals surface area contributed by atoms with Crippen molar-refractivity contribution in [3.8, 4) is 0 Å². The molecule has 2 N–H and O–H groups in total. The lowest BCUT2D eigenvalue weighted by molar-refractivity contribution is -0.387. The molecule has 1 aliphatic heterocycles. The zero-order valence-electron chi connectivity index (χ0n) is 14.8. The Labute approximate surface area is 161 Å². The number of carbonyl (C=O) groups is 1. The Morgan fingerprint density at radius 1 is 1.21 bits per heavy atom. The number of anilines is 1. The number of rotatable bonds is 7. The van der Waals surface area contributed by atoms with Gasteiger partial charge in [-0.15, -0.1) is 0 Å². The predicted octanol–water partition coefficient (Wildman–Crippen LogP) is 2.30. The number of para-hydroxylation sites is 2. The number of carbonyl (C=O) groups excluding carboxylic acids is 1. The molecule has 2 aromatic carbocycles. The van der Waals surface area contributed by atoms with Crippen LogP contribution < -0.4 is 10.0 Å². The van der Waals surface area contributed by atoms with Crippen LogP contribution in [-0.2, 0) is 14.8 Å². The number of nitrogens with zero attached hydrogens (tertiary/aromatic N) is 1. The number of hydrogen-bond acceptors (Lipinski definition) is 7. The van der Waals surface area contributed by atoms with E-state index < -0.39 is 31.5 Å². The number of hydrogen-bond donors (Lipinski definition) is 2. The average Bonchev–Trinajstić information content (AvgIpc) is 3.20. The first-order valence-corrected chi connectivity index (χ1v) is 10.1. The number of nitro groups is 1. The van der Waals surface area contributed by atoms with Gasteiger partial charge in [0.05, 0.1) is 16.2 Å². The van der Waals surface area contributed by atoms with Crippen molar-refractivity contribution in [1.29, 1.82) is 0 Å². The molecule has 2 aromatic rings. The maximum atomic E-state index is 12.7. The fourth-order valence-electron chi connectivity index (χ4n) is 2.94. The first-order chi connectivity index (χ1) is 13.4. The lowest BCUT2D eigenvalue weighted by atomic mass is 10.2. The fraction of sp³-hybridized carbons (Fsp3) is 0.278. The molecular weight excluding hydrogens is 386 g/mol. The molecule has 0 bridgehead atoms. The van der Waals surface area contributed by atoms with Gasteiger partial charge in [-0.2, -0.15) is 0 Å². The zero-order valence-corrected chi connectivity index (χ0v) is 15.6. The van der Waals surface area contributed by atoms with Crippen molar-refractivity contribution in [2.24, 2.45) is 0 Å². The number of nitro benzene ring substituents is 1. The summed E-state index contributed by atoms with van der Waals surface area (Å²) in [6.45, 7) is 1.05. The second kappa shape index (κ2) is 8.36. The molecule has 0 saturated carbocycles. The van der Waals surface area contributed by atoms with Gasteiger partial charge in [0.2, 0.25) is 0 Å². The minimum atomic E-state index is -4.29. The van der Waals surface area contributed by atoms with Gasteiger partial charge in [-0.25, -0.2) is 13.2 Å². The minimum absolute atomic E-state index is 0.00923. The first-order valence-electron chi connectivity index (χ1n) is 8.64. The Balaban J connectivity index is 1.83. The third-order valence-corrected chi connectivity index (χ3v) is 5.73. The summed E-state index contributed by atoms with van der Waals surface area (Å²) in [4.78, 5) is 22.3. The van der Waals surface area contributed by atoms with Gasteiger partial charge in [-0.3, -0.25) is 14.8 Å². The molecular formula is C18H19N3O6S. The predicted molar refractivity (Wildman–Crippen MR) is 102 cm³/mol. The summed E-state index contributed by atoms with van der Waals surface area (Å²) in [6, 6.07) is 11.0. The number of benzene rings is 2. The molecule has 0 spiro atoms. The van der Waals surface area contributed by atoms with E-state index in [1.54, 1.807) is 12.1 Å². The molecule has 1 unspecified atom stereocenters. The van der Waals surface area contributed by atoms with Crippen LogP contribution in [-0.4, -0.2) is 38.5 Å². The summed E-state index contributed by atoms with van der Waals surface area (Å²) >= 11 is 0. The monoisotopic (exact) mass is 405 g/mol. The Morgan fingerprint density at radius 3 is 2.64 bits per heavy atom. The van der Waals surface area contributed by atoms with E-state index in [0.717, 1.165) is 31.5 Å². The fourth-order valence-corrected chi connectivity index (χ4v) is 4.19. The second-order valence-electron chi connectivity index (χ2n) is 6.27. The quantitative estimate of drug-likeness (QED) is 0.411. The molecule has 10 heteroatoms. The van der Waals surface area contributed by atoms with E-state index >= 15 is 0 Å². The third kappa shape index (κ3) is 4.46. The zero-order chi connectivity index (χ0) is 20.1. The van der Waals surface area contributed by atoms with Crippen LogP contribution in [0.15, 0.2) is 53.4 Å². The van der Waals surface area contributed by atoms with Crippen LogP contribution in [0.4, 0.5) is 11.4 Å². The van der Waals surface area contributed by atoms with Crippen molar-refractivity contribution in [1.82, 2.24) is 5.32 Å². The van der Waals surface area contributed by atoms with Crippen LogP contribution in [0.5, 0.6) is 0 Å². The summed E-state index contributed by atoms with van der Waals surface area (Å²) in [5.74, 6) is -0.672. The molecule has 148 valence electrons. The molecule has 3 rings (SSSR count). The van der Waals surface area contributed by atoms with Crippen LogP contribution in [0.3, 0.4) is 0 Å². The molecule has 1 heterocycles. The van der Waals surface area contributed by atoms with Gasteiger partial charge in [0.25, 0.3) is 15.7 Å². The Hall–Kier alpha value is -2.98. The third-order valence-electron chi connectivity index (χ3n) is 4.32. The van der Waals surface area contributed by atoms with Crippen LogP contribution in [0.2, 0.25) is 0 Å². The standard InChI is InChI=1S/C18H19N3O6S/c22-18(27-12-13-6-5-11-19-13)14-7-1-2-8-15(14)20-28(25,26)17-10-4-3-9-16(17)21(23)24/h1-4,7-10,13,19-20H,5-6,11-12H2. The molecule has 0 amide bonds. The van der Waals surface area contributed by atoms with Crippen molar-refractivity contribution in [3.63, 3.8) is 0 Å². The van der Waals surface area contributed by atoms with Crippen molar-refractivity contribution in [3.05, 3.63) is 64.2 Å². The summed E-state index contributed by atoms with van der Waals surface area (Å²) in [7, 11) is -4.29. The van der Waals surface area contributed by atoms with Crippen LogP contribution >= 0.6 is 0 Å². The molecule has 1 atom stereocenters. The molecule has 1 saturated heterocycles. The van der Waals surface area contributed by atoms with Gasteiger partial charge in [-0.1, -0.05) is 24.3 Å². The van der Waals surface area contributed by atoms with E-state index in [4.69, 9.17) is 4.74 Å². The first kappa shape index (κ1) is 19.8. The number of nitrogens with one attached hydrogen (secondary N) is 2. The van der Waals surface area contributed by atoms with Crippen LogP contribution in [0.25, 0.3) is 0 Å². The smallest absolute Gasteiger partial charge is 0.340 e. The molecule has 9 nitrogen and oxygen atoms in total. The largest absolute Gasteiger partial charge is 0.460 e. The molecule has 0 aliphatic carbocycles. The van der Waals surface area contributed by atoms with E-state index in [1.165, 1.54) is 24.3 Å². The van der Waals surface area contributed by atoms with E-state index in [-0.39, 0.29) is 23.9 Å². The maximum Gasteiger partial charge on any atom is 0.340 e. The maximum absolute atomic E-state index is 12.7. The van der Waals surface area contributed by atoms with Gasteiger partial charge < -0.3 is 10.1 Å². The van der Waals surface area contributed by atoms with Crippen molar-refractivity contribution in [2.45, 2.75) is 23.8 Å². The van der Waals surface area contributed by atoms with Crippen molar-refractivity contribution < 1.29 is 22.9 Å². The molecule has 0 radical (unpaired) electrons. The van der Waals surface area contributed by atoms with Gasteiger partial charge in [-0.05, 0) is 37.6 Å². The highest BCUT2D eigenvalue weighted by Crippen LogP contribution is 2.27. The molecule has 1 fully saturated rings. The van der Waals surface area contributed by atoms with Crippen molar-refractivity contribution in [2.75, 3.05) is 17.9 Å². The SMILES string of the molecule is O=C(OCC1CCCN1)c1ccccc1NS(=O)(=O)c1ccccc1[N+](=O)[O-]. The normalized spacial score (nSPS) is 16.5. The van der Waals surface area contributed by atoms with Gasteiger partial charge in [0, 0.05) is 12.1 Å². The van der Waals surface area contributed by atoms with Crippen molar-refractivity contribution >= 4 is 27.4 Å².